The van der Waals surface area contributed by atoms with Gasteiger partial charge in [0.15, 0.2) is 0 Å². The van der Waals surface area contributed by atoms with E-state index in [-0.39, 0.29) is 5.54 Å². The van der Waals surface area contributed by atoms with E-state index in [1.165, 1.54) is 44.9 Å². The highest BCUT2D eigenvalue weighted by atomic mass is 14.8. The molecule has 0 amide bonds. The largest absolute Gasteiger partial charge is 0.322 e. The smallest absolute Gasteiger partial charge is 0.0371 e. The molecular formula is C15H25N. The molecule has 2 atom stereocenters. The summed E-state index contributed by atoms with van der Waals surface area (Å²) in [6.07, 6.45) is 11.7. The Morgan fingerprint density at radius 2 is 1.88 bits per heavy atom. The Labute approximate surface area is 99.5 Å². The van der Waals surface area contributed by atoms with Gasteiger partial charge in [-0.25, -0.2) is 0 Å². The Morgan fingerprint density at radius 1 is 1.19 bits per heavy atom. The van der Waals surface area contributed by atoms with E-state index >= 15 is 0 Å². The number of hydrogen-bond donors (Lipinski definition) is 1. The molecule has 2 bridgehead atoms. The van der Waals surface area contributed by atoms with E-state index in [4.69, 9.17) is 5.73 Å². The van der Waals surface area contributed by atoms with Crippen molar-refractivity contribution in [3.05, 3.63) is 11.6 Å². The van der Waals surface area contributed by atoms with Gasteiger partial charge in [0, 0.05) is 5.54 Å². The van der Waals surface area contributed by atoms with E-state index in [2.05, 4.69) is 19.9 Å². The van der Waals surface area contributed by atoms with E-state index in [9.17, 15) is 0 Å². The van der Waals surface area contributed by atoms with Gasteiger partial charge in [0.25, 0.3) is 0 Å². The number of hydrogen-bond acceptors (Lipinski definition) is 1. The molecule has 0 aliphatic heterocycles. The summed E-state index contributed by atoms with van der Waals surface area (Å²) in [6.45, 7) is 4.90. The first kappa shape index (κ1) is 10.8. The minimum absolute atomic E-state index is 0.0750. The molecular weight excluding hydrogens is 194 g/mol. The van der Waals surface area contributed by atoms with Crippen LogP contribution in [0.3, 0.4) is 0 Å². The predicted octanol–water partition coefficient (Wildman–Crippen LogP) is 3.64. The van der Waals surface area contributed by atoms with Crippen molar-refractivity contribution >= 4 is 0 Å². The SMILES string of the molecule is CC1(C)C2CC=C(C3(N)CCCCC3)C1C2. The summed E-state index contributed by atoms with van der Waals surface area (Å²) in [7, 11) is 0. The molecule has 0 radical (unpaired) electrons. The van der Waals surface area contributed by atoms with E-state index in [0.717, 1.165) is 11.8 Å². The number of nitrogens with two attached hydrogens (primary N) is 1. The zero-order valence-electron chi connectivity index (χ0n) is 10.8. The standard InChI is InChI=1S/C15H25N/c1-14(2)11-6-7-12(13(14)10-11)15(16)8-4-3-5-9-15/h7,11,13H,3-6,8-10,16H2,1-2H3. The fraction of sp³-hybridized carbons (Fsp3) is 0.867. The molecule has 1 nitrogen and oxygen atoms in total. The highest BCUT2D eigenvalue weighted by Crippen LogP contribution is 2.61. The van der Waals surface area contributed by atoms with E-state index in [1.807, 2.05) is 0 Å². The van der Waals surface area contributed by atoms with Crippen molar-refractivity contribution in [3.63, 3.8) is 0 Å². The summed E-state index contributed by atoms with van der Waals surface area (Å²) >= 11 is 0. The number of rotatable bonds is 1. The maximum atomic E-state index is 6.70. The van der Waals surface area contributed by atoms with Crippen molar-refractivity contribution in [1.82, 2.24) is 0 Å². The summed E-state index contributed by atoms with van der Waals surface area (Å²) in [6, 6.07) is 0. The summed E-state index contributed by atoms with van der Waals surface area (Å²) in [5.41, 5.74) is 8.95. The van der Waals surface area contributed by atoms with Crippen LogP contribution in [0.5, 0.6) is 0 Å². The summed E-state index contributed by atoms with van der Waals surface area (Å²) in [5, 5.41) is 0. The normalized spacial score (nSPS) is 39.8. The van der Waals surface area contributed by atoms with Crippen LogP contribution in [0.25, 0.3) is 0 Å². The third-order valence-electron chi connectivity index (χ3n) is 5.79. The number of fused-ring (bicyclic) bond motifs is 1. The summed E-state index contributed by atoms with van der Waals surface area (Å²) < 4.78 is 0. The maximum Gasteiger partial charge on any atom is 0.0371 e. The second-order valence-corrected chi connectivity index (χ2v) is 6.92. The molecule has 4 aliphatic rings. The first-order chi connectivity index (χ1) is 7.54. The molecule has 90 valence electrons. The summed E-state index contributed by atoms with van der Waals surface area (Å²) in [5.74, 6) is 1.74. The Balaban J connectivity index is 1.87. The van der Waals surface area contributed by atoms with E-state index < -0.39 is 0 Å². The molecule has 0 saturated heterocycles. The van der Waals surface area contributed by atoms with Gasteiger partial charge in [-0.05, 0) is 42.9 Å². The highest BCUT2D eigenvalue weighted by Gasteiger charge is 2.54. The second-order valence-electron chi connectivity index (χ2n) is 6.92. The molecule has 1 heteroatoms. The molecule has 0 aromatic rings. The zero-order chi connectivity index (χ0) is 11.4. The van der Waals surface area contributed by atoms with Crippen molar-refractivity contribution in [3.8, 4) is 0 Å². The van der Waals surface area contributed by atoms with Crippen LogP contribution < -0.4 is 5.73 Å². The lowest BCUT2D eigenvalue weighted by Gasteiger charge is -2.59. The topological polar surface area (TPSA) is 26.0 Å². The van der Waals surface area contributed by atoms with Gasteiger partial charge in [-0.2, -0.15) is 0 Å². The Hall–Kier alpha value is -0.300. The van der Waals surface area contributed by atoms with Crippen LogP contribution >= 0.6 is 0 Å². The molecule has 0 spiro atoms. The molecule has 4 rings (SSSR count). The van der Waals surface area contributed by atoms with Crippen LogP contribution in [-0.4, -0.2) is 5.54 Å². The average Bonchev–Trinajstić information content (AvgIpc) is 2.30. The van der Waals surface area contributed by atoms with Crippen molar-refractivity contribution in [2.45, 2.75) is 64.3 Å². The van der Waals surface area contributed by atoms with Crippen molar-refractivity contribution in [2.24, 2.45) is 23.0 Å². The van der Waals surface area contributed by atoms with Crippen LogP contribution in [0.4, 0.5) is 0 Å². The Kier molecular flexibility index (Phi) is 2.27. The van der Waals surface area contributed by atoms with Crippen molar-refractivity contribution in [2.75, 3.05) is 0 Å². The zero-order valence-corrected chi connectivity index (χ0v) is 10.8. The van der Waals surface area contributed by atoms with Gasteiger partial charge < -0.3 is 5.73 Å². The van der Waals surface area contributed by atoms with Gasteiger partial charge >= 0.3 is 0 Å². The monoisotopic (exact) mass is 219 g/mol. The van der Waals surface area contributed by atoms with Crippen LogP contribution in [0, 0.1) is 17.3 Å². The van der Waals surface area contributed by atoms with E-state index in [1.54, 1.807) is 5.57 Å². The second kappa shape index (κ2) is 3.35. The van der Waals surface area contributed by atoms with Gasteiger partial charge in [-0.1, -0.05) is 44.8 Å². The fourth-order valence-electron chi connectivity index (χ4n) is 4.38. The molecule has 2 fully saturated rings. The van der Waals surface area contributed by atoms with Crippen LogP contribution in [0.2, 0.25) is 0 Å². The third kappa shape index (κ3) is 1.33. The average molecular weight is 219 g/mol. The molecule has 4 aliphatic carbocycles. The van der Waals surface area contributed by atoms with Gasteiger partial charge in [0.1, 0.15) is 0 Å². The minimum Gasteiger partial charge on any atom is -0.322 e. The fourth-order valence-corrected chi connectivity index (χ4v) is 4.38. The van der Waals surface area contributed by atoms with Crippen molar-refractivity contribution in [1.29, 1.82) is 0 Å². The van der Waals surface area contributed by atoms with Gasteiger partial charge in [-0.15, -0.1) is 0 Å². The first-order valence-electron chi connectivity index (χ1n) is 7.03. The van der Waals surface area contributed by atoms with Crippen LogP contribution in [0.1, 0.15) is 58.8 Å². The van der Waals surface area contributed by atoms with Crippen LogP contribution in [0.15, 0.2) is 11.6 Å². The van der Waals surface area contributed by atoms with Gasteiger partial charge in [0.05, 0.1) is 0 Å². The quantitative estimate of drug-likeness (QED) is 0.669. The lowest BCUT2D eigenvalue weighted by molar-refractivity contribution is -0.0172. The van der Waals surface area contributed by atoms with Gasteiger partial charge in [0.2, 0.25) is 0 Å². The Bertz CT molecular complexity index is 320. The maximum absolute atomic E-state index is 6.70. The molecule has 0 aromatic carbocycles. The highest BCUT2D eigenvalue weighted by molar-refractivity contribution is 5.32. The minimum atomic E-state index is 0.0750. The lowest BCUT2D eigenvalue weighted by Crippen LogP contribution is -2.56. The number of allylic oxidation sites excluding steroid dienone is 1. The molecule has 16 heavy (non-hydrogen) atoms. The lowest BCUT2D eigenvalue weighted by atomic mass is 9.46. The molecule has 0 heterocycles. The summed E-state index contributed by atoms with van der Waals surface area (Å²) in [4.78, 5) is 0. The molecule has 0 aromatic heterocycles. The third-order valence-corrected chi connectivity index (χ3v) is 5.79. The van der Waals surface area contributed by atoms with Crippen molar-refractivity contribution < 1.29 is 0 Å². The first-order valence-corrected chi connectivity index (χ1v) is 7.03. The van der Waals surface area contributed by atoms with Crippen LogP contribution in [-0.2, 0) is 0 Å². The van der Waals surface area contributed by atoms with E-state index in [0.29, 0.717) is 5.41 Å². The molecule has 2 N–H and O–H groups in total. The Morgan fingerprint density at radius 3 is 2.44 bits per heavy atom. The van der Waals surface area contributed by atoms with Gasteiger partial charge in [-0.3, -0.25) is 0 Å². The molecule has 2 unspecified atom stereocenters. The molecule has 2 saturated carbocycles. The predicted molar refractivity (Wildman–Crippen MR) is 68.1 cm³/mol.